The predicted molar refractivity (Wildman–Crippen MR) is 120 cm³/mol. The molecule has 0 aromatic heterocycles. The third kappa shape index (κ3) is 4.44. The van der Waals surface area contributed by atoms with E-state index in [4.69, 9.17) is 9.47 Å². The van der Waals surface area contributed by atoms with Crippen molar-refractivity contribution in [1.29, 1.82) is 0 Å². The number of methoxy groups -OCH3 is 2. The normalized spacial score (nSPS) is 15.3. The highest BCUT2D eigenvalue weighted by atomic mass is 127. The van der Waals surface area contributed by atoms with Crippen molar-refractivity contribution in [2.24, 2.45) is 0 Å². The van der Waals surface area contributed by atoms with Gasteiger partial charge in [0.1, 0.15) is 0 Å². The number of halogens is 1. The Morgan fingerprint density at radius 1 is 1.11 bits per heavy atom. The van der Waals surface area contributed by atoms with Crippen LogP contribution < -0.4 is 14.8 Å². The fourth-order valence-corrected chi connectivity index (χ4v) is 4.21. The van der Waals surface area contributed by atoms with Gasteiger partial charge in [-0.3, -0.25) is 14.5 Å². The first-order chi connectivity index (χ1) is 13.4. The molecule has 0 bridgehead atoms. The molecule has 0 radical (unpaired) electrons. The van der Waals surface area contributed by atoms with Gasteiger partial charge >= 0.3 is 0 Å². The molecule has 1 aliphatic rings. The van der Waals surface area contributed by atoms with Crippen LogP contribution in [0.1, 0.15) is 11.1 Å². The summed E-state index contributed by atoms with van der Waals surface area (Å²) in [7, 11) is 3.11. The number of benzene rings is 2. The van der Waals surface area contributed by atoms with Crippen LogP contribution in [0.15, 0.2) is 41.3 Å². The third-order valence-electron chi connectivity index (χ3n) is 4.20. The minimum absolute atomic E-state index is 0.120. The van der Waals surface area contributed by atoms with E-state index < -0.39 is 0 Å². The molecular formula is C20H19IN2O4S. The van der Waals surface area contributed by atoms with E-state index in [1.807, 2.05) is 31.2 Å². The number of nitrogens with one attached hydrogen (secondary N) is 1. The van der Waals surface area contributed by atoms with Gasteiger partial charge in [0, 0.05) is 9.26 Å². The van der Waals surface area contributed by atoms with E-state index in [1.165, 1.54) is 4.90 Å². The van der Waals surface area contributed by atoms with Crippen LogP contribution in [0.4, 0.5) is 10.5 Å². The molecule has 2 amide bonds. The molecule has 0 spiro atoms. The Kier molecular flexibility index (Phi) is 6.50. The molecule has 8 heteroatoms. The minimum Gasteiger partial charge on any atom is -0.493 e. The molecule has 3 rings (SSSR count). The zero-order valence-electron chi connectivity index (χ0n) is 15.6. The van der Waals surface area contributed by atoms with E-state index in [9.17, 15) is 9.59 Å². The Bertz CT molecular complexity index is 961. The summed E-state index contributed by atoms with van der Waals surface area (Å²) in [5, 5.41) is 2.87. The Morgan fingerprint density at radius 3 is 2.54 bits per heavy atom. The van der Waals surface area contributed by atoms with Gasteiger partial charge < -0.3 is 14.8 Å². The molecule has 2 aromatic rings. The van der Waals surface area contributed by atoms with E-state index in [2.05, 4.69) is 27.9 Å². The van der Waals surface area contributed by atoms with Gasteiger partial charge in [-0.15, -0.1) is 0 Å². The molecule has 0 saturated carbocycles. The summed E-state index contributed by atoms with van der Waals surface area (Å²) >= 11 is 3.17. The van der Waals surface area contributed by atoms with Crippen LogP contribution >= 0.6 is 34.4 Å². The van der Waals surface area contributed by atoms with Gasteiger partial charge in [-0.05, 0) is 88.8 Å². The van der Waals surface area contributed by atoms with E-state index in [0.717, 1.165) is 32.1 Å². The number of carbonyl (C=O) groups excluding carboxylic acids is 2. The standard InChI is InChI=1S/C20H19IN2O4S/c1-12-8-14(21)5-6-15(12)22-11-23-19(24)18(28-20(23)25)10-13-4-7-16(26-2)17(9-13)27-3/h4-10,22H,11H2,1-3H3. The van der Waals surface area contributed by atoms with E-state index >= 15 is 0 Å². The number of imide groups is 1. The van der Waals surface area contributed by atoms with Crippen LogP contribution in [0.3, 0.4) is 0 Å². The average Bonchev–Trinajstić information content (AvgIpc) is 2.94. The number of hydrogen-bond acceptors (Lipinski definition) is 6. The Labute approximate surface area is 181 Å². The quantitative estimate of drug-likeness (QED) is 0.448. The molecule has 1 fully saturated rings. The van der Waals surface area contributed by atoms with Crippen LogP contribution in [-0.4, -0.2) is 36.9 Å². The Hall–Kier alpha value is -2.20. The van der Waals surface area contributed by atoms with E-state index in [-0.39, 0.29) is 17.8 Å². The molecule has 0 unspecified atom stereocenters. The largest absolute Gasteiger partial charge is 0.493 e. The lowest BCUT2D eigenvalue weighted by molar-refractivity contribution is -0.122. The first-order valence-electron chi connectivity index (χ1n) is 8.40. The van der Waals surface area contributed by atoms with Gasteiger partial charge in [0.05, 0.1) is 25.8 Å². The van der Waals surface area contributed by atoms with Crippen molar-refractivity contribution in [3.63, 3.8) is 0 Å². The summed E-state index contributed by atoms with van der Waals surface area (Å²) in [6.45, 7) is 2.10. The summed E-state index contributed by atoms with van der Waals surface area (Å²) < 4.78 is 11.6. The Morgan fingerprint density at radius 2 is 1.86 bits per heavy atom. The van der Waals surface area contributed by atoms with Gasteiger partial charge in [0.2, 0.25) is 0 Å². The number of nitrogens with zero attached hydrogens (tertiary/aromatic N) is 1. The minimum atomic E-state index is -0.319. The van der Waals surface area contributed by atoms with Crippen molar-refractivity contribution in [3.05, 3.63) is 56.0 Å². The molecule has 1 heterocycles. The first-order valence-corrected chi connectivity index (χ1v) is 10.3. The second-order valence-corrected chi connectivity index (χ2v) is 8.26. The Balaban J connectivity index is 1.75. The molecule has 6 nitrogen and oxygen atoms in total. The molecule has 1 N–H and O–H groups in total. The predicted octanol–water partition coefficient (Wildman–Crippen LogP) is 4.72. The first kappa shape index (κ1) is 20.5. The van der Waals surface area contributed by atoms with Crippen LogP contribution in [0, 0.1) is 10.5 Å². The SMILES string of the molecule is COc1ccc(C=C2SC(=O)N(CNc3ccc(I)cc3C)C2=O)cc1OC. The molecular weight excluding hydrogens is 491 g/mol. The van der Waals surface area contributed by atoms with Crippen molar-refractivity contribution in [2.45, 2.75) is 6.92 Å². The average molecular weight is 510 g/mol. The zero-order chi connectivity index (χ0) is 20.3. The fraction of sp³-hybridized carbons (Fsp3) is 0.200. The number of amides is 2. The van der Waals surface area contributed by atoms with Gasteiger partial charge in [0.25, 0.3) is 11.1 Å². The highest BCUT2D eigenvalue weighted by molar-refractivity contribution is 14.1. The van der Waals surface area contributed by atoms with Crippen molar-refractivity contribution in [2.75, 3.05) is 26.2 Å². The summed E-state index contributed by atoms with van der Waals surface area (Å²) in [6.07, 6.45) is 1.68. The summed E-state index contributed by atoms with van der Waals surface area (Å²) in [5.41, 5.74) is 2.70. The van der Waals surface area contributed by atoms with Gasteiger partial charge in [-0.2, -0.15) is 0 Å². The number of carbonyl (C=O) groups is 2. The second-order valence-electron chi connectivity index (χ2n) is 6.02. The van der Waals surface area contributed by atoms with Crippen LogP contribution in [0.25, 0.3) is 6.08 Å². The maximum Gasteiger partial charge on any atom is 0.295 e. The smallest absolute Gasteiger partial charge is 0.295 e. The van der Waals surface area contributed by atoms with Gasteiger partial charge in [0.15, 0.2) is 11.5 Å². The van der Waals surface area contributed by atoms with Crippen LogP contribution in [0.5, 0.6) is 11.5 Å². The highest BCUT2D eigenvalue weighted by Crippen LogP contribution is 2.34. The maximum absolute atomic E-state index is 12.7. The van der Waals surface area contributed by atoms with Crippen LogP contribution in [0.2, 0.25) is 0 Å². The molecule has 1 saturated heterocycles. The molecule has 1 aliphatic heterocycles. The second kappa shape index (κ2) is 8.87. The zero-order valence-corrected chi connectivity index (χ0v) is 18.6. The summed E-state index contributed by atoms with van der Waals surface area (Å²) in [4.78, 5) is 26.6. The highest BCUT2D eigenvalue weighted by Gasteiger charge is 2.34. The molecule has 146 valence electrons. The van der Waals surface area contributed by atoms with Crippen molar-refractivity contribution in [1.82, 2.24) is 4.90 Å². The lowest BCUT2D eigenvalue weighted by Gasteiger charge is -2.16. The summed E-state index contributed by atoms with van der Waals surface area (Å²) in [5.74, 6) is 0.844. The monoisotopic (exact) mass is 510 g/mol. The van der Waals surface area contributed by atoms with Gasteiger partial charge in [-0.25, -0.2) is 0 Å². The third-order valence-corrected chi connectivity index (χ3v) is 5.77. The van der Waals surface area contributed by atoms with Gasteiger partial charge in [-0.1, -0.05) is 6.07 Å². The fourth-order valence-electron chi connectivity index (χ4n) is 2.72. The number of rotatable bonds is 6. The van der Waals surface area contributed by atoms with Crippen molar-refractivity contribution >= 4 is 57.3 Å². The molecule has 0 aliphatic carbocycles. The lowest BCUT2D eigenvalue weighted by atomic mass is 10.2. The van der Waals surface area contributed by atoms with Crippen molar-refractivity contribution in [3.8, 4) is 11.5 Å². The molecule has 0 atom stereocenters. The number of aryl methyl sites for hydroxylation is 1. The number of hydrogen-bond donors (Lipinski definition) is 1. The van der Waals surface area contributed by atoms with Crippen LogP contribution in [-0.2, 0) is 4.79 Å². The van der Waals surface area contributed by atoms with E-state index in [1.54, 1.807) is 32.4 Å². The number of anilines is 1. The topological polar surface area (TPSA) is 67.9 Å². The van der Waals surface area contributed by atoms with E-state index in [0.29, 0.717) is 16.4 Å². The molecule has 28 heavy (non-hydrogen) atoms. The number of thioether (sulfide) groups is 1. The van der Waals surface area contributed by atoms with Crippen molar-refractivity contribution < 1.29 is 19.1 Å². The number of ether oxygens (including phenoxy) is 2. The summed E-state index contributed by atoms with van der Waals surface area (Å²) in [6, 6.07) is 11.3. The maximum atomic E-state index is 12.7. The molecule has 2 aromatic carbocycles. The lowest BCUT2D eigenvalue weighted by Crippen LogP contribution is -2.33.